The standard InChI is InChI=1S/C8H16F3N3O3S/c1-7(2,6(12)13-15)14-18(16,17)5-3-4-8(9,10)11/h14-15H,3-5H2,1-2H3,(H2,12,13). The monoisotopic (exact) mass is 291 g/mol. The van der Waals surface area contributed by atoms with Gasteiger partial charge < -0.3 is 10.9 Å². The maximum absolute atomic E-state index is 11.9. The zero-order chi connectivity index (χ0) is 14.6. The van der Waals surface area contributed by atoms with E-state index in [0.29, 0.717) is 0 Å². The van der Waals surface area contributed by atoms with Crippen molar-refractivity contribution in [2.75, 3.05) is 5.75 Å². The van der Waals surface area contributed by atoms with E-state index in [1.54, 1.807) is 0 Å². The van der Waals surface area contributed by atoms with Crippen LogP contribution < -0.4 is 10.5 Å². The van der Waals surface area contributed by atoms with Gasteiger partial charge in [-0.15, -0.1) is 0 Å². The fourth-order valence-corrected chi connectivity index (χ4v) is 2.59. The molecule has 0 saturated carbocycles. The fourth-order valence-electron chi connectivity index (χ4n) is 1.08. The predicted octanol–water partition coefficient (Wildman–Crippen LogP) is 0.773. The molecule has 0 aromatic heterocycles. The van der Waals surface area contributed by atoms with Gasteiger partial charge in [0.25, 0.3) is 0 Å². The average Bonchev–Trinajstić information content (AvgIpc) is 2.11. The van der Waals surface area contributed by atoms with Crippen molar-refractivity contribution in [3.05, 3.63) is 0 Å². The molecule has 6 nitrogen and oxygen atoms in total. The zero-order valence-corrected chi connectivity index (χ0v) is 10.8. The Bertz CT molecular complexity index is 404. The summed E-state index contributed by atoms with van der Waals surface area (Å²) in [6.07, 6.45) is -6.13. The summed E-state index contributed by atoms with van der Waals surface area (Å²) in [7, 11) is -3.94. The van der Waals surface area contributed by atoms with Gasteiger partial charge in [-0.1, -0.05) is 5.16 Å². The lowest BCUT2D eigenvalue weighted by Gasteiger charge is -2.24. The van der Waals surface area contributed by atoms with E-state index in [9.17, 15) is 21.6 Å². The Morgan fingerprint density at radius 1 is 1.39 bits per heavy atom. The van der Waals surface area contributed by atoms with E-state index in [1.807, 2.05) is 0 Å². The maximum atomic E-state index is 11.9. The van der Waals surface area contributed by atoms with Crippen LogP contribution in [0.4, 0.5) is 13.2 Å². The van der Waals surface area contributed by atoms with Gasteiger partial charge in [0.2, 0.25) is 10.0 Å². The topological polar surface area (TPSA) is 105 Å². The van der Waals surface area contributed by atoms with E-state index < -0.39 is 40.3 Å². The third kappa shape index (κ3) is 6.64. The number of nitrogens with one attached hydrogen (secondary N) is 1. The van der Waals surface area contributed by atoms with Gasteiger partial charge in [-0.2, -0.15) is 13.2 Å². The third-order valence-electron chi connectivity index (χ3n) is 2.03. The summed E-state index contributed by atoms with van der Waals surface area (Å²) in [5.41, 5.74) is 3.88. The number of halogens is 3. The lowest BCUT2D eigenvalue weighted by Crippen LogP contribution is -2.53. The van der Waals surface area contributed by atoms with E-state index in [2.05, 4.69) is 9.88 Å². The second kappa shape index (κ2) is 5.74. The molecule has 0 aliphatic rings. The molecule has 0 atom stereocenters. The summed E-state index contributed by atoms with van der Waals surface area (Å²) < 4.78 is 60.6. The second-order valence-electron chi connectivity index (χ2n) is 4.25. The van der Waals surface area contributed by atoms with Crippen molar-refractivity contribution < 1.29 is 26.8 Å². The first-order valence-electron chi connectivity index (χ1n) is 4.96. The van der Waals surface area contributed by atoms with E-state index >= 15 is 0 Å². The van der Waals surface area contributed by atoms with Gasteiger partial charge in [0.1, 0.15) is 0 Å². The minimum atomic E-state index is -4.39. The van der Waals surface area contributed by atoms with Crippen LogP contribution in [0.15, 0.2) is 5.16 Å². The van der Waals surface area contributed by atoms with Gasteiger partial charge in [-0.05, 0) is 20.3 Å². The summed E-state index contributed by atoms with van der Waals surface area (Å²) in [6.45, 7) is 2.65. The molecule has 0 unspecified atom stereocenters. The lowest BCUT2D eigenvalue weighted by molar-refractivity contribution is -0.134. The highest BCUT2D eigenvalue weighted by Crippen LogP contribution is 2.21. The molecule has 0 aliphatic heterocycles. The molecule has 18 heavy (non-hydrogen) atoms. The summed E-state index contributed by atoms with van der Waals surface area (Å²) in [4.78, 5) is 0. The summed E-state index contributed by atoms with van der Waals surface area (Å²) >= 11 is 0. The summed E-state index contributed by atoms with van der Waals surface area (Å²) in [5.74, 6) is -1.07. The normalized spacial score (nSPS) is 14.8. The van der Waals surface area contributed by atoms with Crippen LogP contribution in [0.2, 0.25) is 0 Å². The summed E-state index contributed by atoms with van der Waals surface area (Å²) in [5, 5.41) is 11.1. The lowest BCUT2D eigenvalue weighted by atomic mass is 10.1. The number of hydrogen-bond acceptors (Lipinski definition) is 4. The van der Waals surface area contributed by atoms with Gasteiger partial charge in [0.15, 0.2) is 5.84 Å². The molecular weight excluding hydrogens is 275 g/mol. The molecule has 0 aromatic rings. The van der Waals surface area contributed by atoms with E-state index in [0.717, 1.165) is 0 Å². The van der Waals surface area contributed by atoms with Gasteiger partial charge in [-0.3, -0.25) is 0 Å². The first-order valence-corrected chi connectivity index (χ1v) is 6.61. The highest BCUT2D eigenvalue weighted by molar-refractivity contribution is 7.89. The molecule has 0 fully saturated rings. The highest BCUT2D eigenvalue weighted by atomic mass is 32.2. The number of amidine groups is 1. The maximum Gasteiger partial charge on any atom is 0.389 e. The Kier molecular flexibility index (Phi) is 5.41. The Labute approximate surface area is 103 Å². The van der Waals surface area contributed by atoms with Crippen LogP contribution in [0.1, 0.15) is 26.7 Å². The molecule has 0 amide bonds. The van der Waals surface area contributed by atoms with Crippen LogP contribution in [0.3, 0.4) is 0 Å². The molecule has 10 heteroatoms. The van der Waals surface area contributed by atoms with E-state index in [-0.39, 0.29) is 5.84 Å². The number of nitrogens with two attached hydrogens (primary N) is 1. The molecule has 0 radical (unpaired) electrons. The van der Waals surface area contributed by atoms with Gasteiger partial charge >= 0.3 is 6.18 Å². The van der Waals surface area contributed by atoms with Crippen LogP contribution in [0, 0.1) is 0 Å². The van der Waals surface area contributed by atoms with Gasteiger partial charge in [0.05, 0.1) is 11.3 Å². The minimum absolute atomic E-state index is 0.387. The molecule has 0 aliphatic carbocycles. The molecular formula is C8H16F3N3O3S. The van der Waals surface area contributed by atoms with Crippen molar-refractivity contribution in [2.45, 2.75) is 38.4 Å². The quantitative estimate of drug-likeness (QED) is 0.291. The fraction of sp³-hybridized carbons (Fsp3) is 0.875. The number of nitrogens with zero attached hydrogens (tertiary/aromatic N) is 1. The molecule has 0 bridgehead atoms. The molecule has 0 rings (SSSR count). The minimum Gasteiger partial charge on any atom is -0.409 e. The van der Waals surface area contributed by atoms with Crippen molar-refractivity contribution in [3.63, 3.8) is 0 Å². The Balaban J connectivity index is 4.50. The number of alkyl halides is 3. The molecule has 108 valence electrons. The molecule has 0 aromatic carbocycles. The van der Waals surface area contributed by atoms with E-state index in [4.69, 9.17) is 10.9 Å². The predicted molar refractivity (Wildman–Crippen MR) is 59.7 cm³/mol. The zero-order valence-electron chi connectivity index (χ0n) is 9.95. The molecule has 4 N–H and O–H groups in total. The van der Waals surface area contributed by atoms with Crippen LogP contribution in [-0.4, -0.2) is 36.9 Å². The highest BCUT2D eigenvalue weighted by Gasteiger charge is 2.31. The first-order chi connectivity index (χ1) is 7.90. The van der Waals surface area contributed by atoms with Crippen LogP contribution >= 0.6 is 0 Å². The largest absolute Gasteiger partial charge is 0.409 e. The Morgan fingerprint density at radius 2 is 1.89 bits per heavy atom. The SMILES string of the molecule is CC(C)(NS(=O)(=O)CCCC(F)(F)F)C(N)=NO. The Hall–Kier alpha value is -1.03. The molecule has 0 heterocycles. The average molecular weight is 291 g/mol. The first kappa shape index (κ1) is 17.0. The number of oxime groups is 1. The van der Waals surface area contributed by atoms with Crippen molar-refractivity contribution in [1.29, 1.82) is 0 Å². The van der Waals surface area contributed by atoms with E-state index in [1.165, 1.54) is 13.8 Å². The Morgan fingerprint density at radius 3 is 2.28 bits per heavy atom. The number of rotatable bonds is 6. The van der Waals surface area contributed by atoms with Crippen LogP contribution in [0.5, 0.6) is 0 Å². The van der Waals surface area contributed by atoms with Crippen LogP contribution in [0.25, 0.3) is 0 Å². The smallest absolute Gasteiger partial charge is 0.389 e. The molecule has 0 saturated heterocycles. The van der Waals surface area contributed by atoms with Crippen molar-refractivity contribution in [2.24, 2.45) is 10.9 Å². The van der Waals surface area contributed by atoms with Crippen molar-refractivity contribution in [1.82, 2.24) is 4.72 Å². The van der Waals surface area contributed by atoms with Crippen molar-refractivity contribution in [3.8, 4) is 0 Å². The molecule has 0 spiro atoms. The second-order valence-corrected chi connectivity index (χ2v) is 6.09. The number of sulfonamides is 1. The van der Waals surface area contributed by atoms with Crippen molar-refractivity contribution >= 4 is 15.9 Å². The number of hydrogen-bond donors (Lipinski definition) is 3. The van der Waals surface area contributed by atoms with Gasteiger partial charge in [-0.25, -0.2) is 13.1 Å². The summed E-state index contributed by atoms with van der Waals surface area (Å²) in [6, 6.07) is 0. The third-order valence-corrected chi connectivity index (χ3v) is 3.68. The van der Waals surface area contributed by atoms with Crippen LogP contribution in [-0.2, 0) is 10.0 Å². The van der Waals surface area contributed by atoms with Gasteiger partial charge in [0, 0.05) is 6.42 Å².